The van der Waals surface area contributed by atoms with Gasteiger partial charge in [0, 0.05) is 18.1 Å². The quantitative estimate of drug-likeness (QED) is 0.615. The number of carbonyl (C=O) groups excluding carboxylic acids is 1. The van der Waals surface area contributed by atoms with Gasteiger partial charge >= 0.3 is 0 Å². The van der Waals surface area contributed by atoms with Crippen molar-refractivity contribution in [2.45, 2.75) is 12.8 Å². The Bertz CT molecular complexity index is 860. The Hall–Kier alpha value is -1.95. The highest BCUT2D eigenvalue weighted by Crippen LogP contribution is 2.33. The Balaban J connectivity index is 1.74. The maximum Gasteiger partial charge on any atom is 0.279 e. The Kier molecular flexibility index (Phi) is 5.14. The van der Waals surface area contributed by atoms with Crippen LogP contribution < -0.4 is 4.74 Å². The number of ketones is 1. The van der Waals surface area contributed by atoms with Gasteiger partial charge in [0.05, 0.1) is 10.2 Å². The minimum absolute atomic E-state index is 0.0502. The fraction of sp³-hybridized carbons (Fsp3) is 0.222. The predicted octanol–water partition coefficient (Wildman–Crippen LogP) is 5.06. The highest BCUT2D eigenvalue weighted by molar-refractivity contribution is 7.20. The zero-order chi connectivity index (χ0) is 17.1. The summed E-state index contributed by atoms with van der Waals surface area (Å²) in [4.78, 5) is 16.3. The van der Waals surface area contributed by atoms with Crippen molar-refractivity contribution in [2.75, 3.05) is 13.7 Å². The number of halogens is 1. The van der Waals surface area contributed by atoms with Crippen molar-refractivity contribution in [2.24, 2.45) is 0 Å². The number of carbonyl (C=O) groups is 1. The van der Waals surface area contributed by atoms with Crippen LogP contribution in [-0.4, -0.2) is 24.5 Å². The number of aromatic nitrogens is 1. The molecule has 3 rings (SSSR count). The van der Waals surface area contributed by atoms with E-state index in [1.807, 2.05) is 43.3 Å². The maximum atomic E-state index is 11.9. The Morgan fingerprint density at radius 1 is 1.25 bits per heavy atom. The van der Waals surface area contributed by atoms with Gasteiger partial charge in [-0.2, -0.15) is 0 Å². The number of nitrogens with zero attached hydrogens (tertiary/aromatic N) is 1. The van der Waals surface area contributed by atoms with Crippen LogP contribution in [0.3, 0.4) is 0 Å². The molecule has 0 spiro atoms. The Morgan fingerprint density at radius 2 is 2.00 bits per heavy atom. The van der Waals surface area contributed by atoms with Crippen LogP contribution in [0.15, 0.2) is 42.5 Å². The maximum absolute atomic E-state index is 11.9. The molecular formula is C18H16ClNO3S. The standard InChI is InChI=1S/C18H16ClNO3S/c1-11(16(21)10-22-2)12-3-6-14(7-4-12)23-18-20-15-8-5-13(19)9-17(15)24-18/h3-9,11H,10H2,1-2H3. The van der Waals surface area contributed by atoms with Crippen molar-refractivity contribution in [1.29, 1.82) is 0 Å². The summed E-state index contributed by atoms with van der Waals surface area (Å²) < 4.78 is 11.7. The third-order valence-corrected chi connectivity index (χ3v) is 4.82. The van der Waals surface area contributed by atoms with E-state index >= 15 is 0 Å². The number of hydrogen-bond acceptors (Lipinski definition) is 5. The van der Waals surface area contributed by atoms with Crippen molar-refractivity contribution in [3.05, 3.63) is 53.1 Å². The molecule has 1 unspecified atom stereocenters. The van der Waals surface area contributed by atoms with Crippen molar-refractivity contribution in [1.82, 2.24) is 4.98 Å². The molecule has 1 aromatic heterocycles. The smallest absolute Gasteiger partial charge is 0.279 e. The molecule has 0 radical (unpaired) electrons. The average molecular weight is 362 g/mol. The van der Waals surface area contributed by atoms with E-state index in [1.54, 1.807) is 6.07 Å². The number of benzene rings is 2. The van der Waals surface area contributed by atoms with Crippen LogP contribution in [0.1, 0.15) is 18.4 Å². The van der Waals surface area contributed by atoms with E-state index in [-0.39, 0.29) is 18.3 Å². The molecule has 0 saturated heterocycles. The normalized spacial score (nSPS) is 12.3. The summed E-state index contributed by atoms with van der Waals surface area (Å²) in [5.41, 5.74) is 1.79. The van der Waals surface area contributed by atoms with Crippen LogP contribution in [0.4, 0.5) is 0 Å². The fourth-order valence-corrected chi connectivity index (χ4v) is 3.41. The third kappa shape index (κ3) is 3.75. The van der Waals surface area contributed by atoms with Gasteiger partial charge in [-0.1, -0.05) is 42.0 Å². The summed E-state index contributed by atoms with van der Waals surface area (Å²) in [6.07, 6.45) is 0. The molecule has 0 aliphatic rings. The topological polar surface area (TPSA) is 48.4 Å². The fourth-order valence-electron chi connectivity index (χ4n) is 2.30. The minimum Gasteiger partial charge on any atom is -0.431 e. The van der Waals surface area contributed by atoms with E-state index in [1.165, 1.54) is 18.4 Å². The number of hydrogen-bond donors (Lipinski definition) is 0. The monoisotopic (exact) mass is 361 g/mol. The first-order chi connectivity index (χ1) is 11.6. The number of methoxy groups -OCH3 is 1. The minimum atomic E-state index is -0.205. The van der Waals surface area contributed by atoms with Gasteiger partial charge in [-0.05, 0) is 35.9 Å². The summed E-state index contributed by atoms with van der Waals surface area (Å²) in [5.74, 6) is 0.521. The third-order valence-electron chi connectivity index (χ3n) is 3.69. The van der Waals surface area contributed by atoms with E-state index in [2.05, 4.69) is 4.98 Å². The van der Waals surface area contributed by atoms with Crippen LogP contribution >= 0.6 is 22.9 Å². The molecular weight excluding hydrogens is 346 g/mol. The number of ether oxygens (including phenoxy) is 2. The van der Waals surface area contributed by atoms with Crippen molar-refractivity contribution >= 4 is 38.9 Å². The molecule has 0 aliphatic carbocycles. The highest BCUT2D eigenvalue weighted by Gasteiger charge is 2.15. The summed E-state index contributed by atoms with van der Waals surface area (Å²) in [5, 5.41) is 1.24. The Morgan fingerprint density at radius 3 is 2.71 bits per heavy atom. The lowest BCUT2D eigenvalue weighted by Gasteiger charge is -2.10. The number of Topliss-reactive ketones (excluding diaryl/α,β-unsaturated/α-hetero) is 1. The summed E-state index contributed by atoms with van der Waals surface area (Å²) >= 11 is 7.42. The van der Waals surface area contributed by atoms with E-state index < -0.39 is 0 Å². The van der Waals surface area contributed by atoms with Crippen molar-refractivity contribution in [3.63, 3.8) is 0 Å². The van der Waals surface area contributed by atoms with Crippen molar-refractivity contribution in [3.8, 4) is 10.9 Å². The molecule has 24 heavy (non-hydrogen) atoms. The molecule has 0 saturated carbocycles. The van der Waals surface area contributed by atoms with E-state index in [0.717, 1.165) is 15.8 Å². The van der Waals surface area contributed by atoms with Gasteiger partial charge < -0.3 is 9.47 Å². The number of thiazole rings is 1. The van der Waals surface area contributed by atoms with Gasteiger partial charge in [-0.15, -0.1) is 0 Å². The van der Waals surface area contributed by atoms with Crippen LogP contribution in [0.2, 0.25) is 5.02 Å². The highest BCUT2D eigenvalue weighted by atomic mass is 35.5. The molecule has 1 heterocycles. The van der Waals surface area contributed by atoms with Crippen LogP contribution in [0, 0.1) is 0 Å². The molecule has 1 atom stereocenters. The SMILES string of the molecule is COCC(=O)C(C)c1ccc(Oc2nc3ccc(Cl)cc3s2)cc1. The predicted molar refractivity (Wildman–Crippen MR) is 96.4 cm³/mol. The zero-order valence-corrected chi connectivity index (χ0v) is 14.9. The summed E-state index contributed by atoms with van der Waals surface area (Å²) in [6.45, 7) is 1.99. The molecule has 0 fully saturated rings. The molecule has 0 N–H and O–H groups in total. The van der Waals surface area contributed by atoms with Crippen LogP contribution in [0.5, 0.6) is 10.9 Å². The summed E-state index contributed by atoms with van der Waals surface area (Å²) in [6, 6.07) is 13.0. The second-order valence-electron chi connectivity index (χ2n) is 5.38. The lowest BCUT2D eigenvalue weighted by molar-refractivity contribution is -0.123. The number of fused-ring (bicyclic) bond motifs is 1. The molecule has 124 valence electrons. The molecule has 0 bridgehead atoms. The van der Waals surface area contributed by atoms with Crippen LogP contribution in [0.25, 0.3) is 10.2 Å². The van der Waals surface area contributed by atoms with E-state index in [0.29, 0.717) is 16.0 Å². The van der Waals surface area contributed by atoms with Crippen molar-refractivity contribution < 1.29 is 14.3 Å². The first-order valence-electron chi connectivity index (χ1n) is 7.42. The molecule has 6 heteroatoms. The van der Waals surface area contributed by atoms with Gasteiger partial charge in [-0.3, -0.25) is 4.79 Å². The lowest BCUT2D eigenvalue weighted by Crippen LogP contribution is -2.14. The van der Waals surface area contributed by atoms with Gasteiger partial charge in [-0.25, -0.2) is 4.98 Å². The van der Waals surface area contributed by atoms with E-state index in [9.17, 15) is 4.79 Å². The lowest BCUT2D eigenvalue weighted by atomic mass is 9.97. The first-order valence-corrected chi connectivity index (χ1v) is 8.62. The first kappa shape index (κ1) is 16.9. The van der Waals surface area contributed by atoms with E-state index in [4.69, 9.17) is 21.1 Å². The van der Waals surface area contributed by atoms with Gasteiger partial charge in [0.2, 0.25) is 0 Å². The zero-order valence-electron chi connectivity index (χ0n) is 13.3. The van der Waals surface area contributed by atoms with Gasteiger partial charge in [0.1, 0.15) is 12.4 Å². The largest absolute Gasteiger partial charge is 0.431 e. The molecule has 0 aliphatic heterocycles. The average Bonchev–Trinajstić information content (AvgIpc) is 2.96. The molecule has 4 nitrogen and oxygen atoms in total. The molecule has 2 aromatic carbocycles. The molecule has 0 amide bonds. The van der Waals surface area contributed by atoms with Gasteiger partial charge in [0.15, 0.2) is 5.78 Å². The second-order valence-corrected chi connectivity index (χ2v) is 6.81. The Labute approximate surface area is 149 Å². The second kappa shape index (κ2) is 7.30. The molecule has 3 aromatic rings. The van der Waals surface area contributed by atoms with Gasteiger partial charge in [0.25, 0.3) is 5.19 Å². The van der Waals surface area contributed by atoms with Crippen LogP contribution in [-0.2, 0) is 9.53 Å². The number of rotatable bonds is 6. The summed E-state index contributed by atoms with van der Waals surface area (Å²) in [7, 11) is 1.52.